The number of aromatic nitrogens is 3. The molecule has 1 aliphatic rings. The number of fused-ring (bicyclic) bond motifs is 3. The van der Waals surface area contributed by atoms with E-state index in [1.54, 1.807) is 12.1 Å². The molecule has 0 radical (unpaired) electrons. The van der Waals surface area contributed by atoms with Gasteiger partial charge in [0.1, 0.15) is 0 Å². The first kappa shape index (κ1) is 20.0. The van der Waals surface area contributed by atoms with Crippen molar-refractivity contribution in [2.75, 3.05) is 5.32 Å². The molecular weight excluding hydrogens is 426 g/mol. The maximum absolute atomic E-state index is 11.2. The van der Waals surface area contributed by atoms with Crippen molar-refractivity contribution in [2.45, 2.75) is 17.1 Å². The second-order valence-electron chi connectivity index (χ2n) is 7.06. The van der Waals surface area contributed by atoms with Gasteiger partial charge < -0.3 is 10.1 Å². The number of nitro benzene ring substituents is 1. The second-order valence-corrected chi connectivity index (χ2v) is 8.00. The second kappa shape index (κ2) is 8.64. The molecule has 3 aromatic carbocycles. The van der Waals surface area contributed by atoms with Gasteiger partial charge in [0, 0.05) is 34.7 Å². The lowest BCUT2D eigenvalue weighted by Gasteiger charge is -2.19. The van der Waals surface area contributed by atoms with E-state index in [4.69, 9.17) is 4.74 Å². The number of ether oxygens (including phenoxy) is 1. The van der Waals surface area contributed by atoms with Crippen molar-refractivity contribution in [3.05, 3.63) is 100 Å². The summed E-state index contributed by atoms with van der Waals surface area (Å²) in [6.07, 6.45) is -0.680. The van der Waals surface area contributed by atoms with Crippen molar-refractivity contribution in [1.82, 2.24) is 15.2 Å². The summed E-state index contributed by atoms with van der Waals surface area (Å²) in [5.41, 5.74) is 3.85. The molecule has 1 aliphatic heterocycles. The highest BCUT2D eigenvalue weighted by molar-refractivity contribution is 7.98. The lowest BCUT2D eigenvalue weighted by molar-refractivity contribution is -0.385. The Hall–Kier alpha value is -3.98. The third-order valence-electron chi connectivity index (χ3n) is 4.93. The first-order valence-electron chi connectivity index (χ1n) is 9.86. The molecule has 0 fully saturated rings. The first-order chi connectivity index (χ1) is 15.7. The van der Waals surface area contributed by atoms with Gasteiger partial charge >= 0.3 is 0 Å². The minimum absolute atomic E-state index is 0.00873. The fraction of sp³-hybridized carbons (Fsp3) is 0.0870. The van der Waals surface area contributed by atoms with Crippen molar-refractivity contribution in [3.8, 4) is 17.1 Å². The molecule has 32 heavy (non-hydrogen) atoms. The molecule has 0 amide bonds. The number of nitrogens with zero attached hydrogens (tertiary/aromatic N) is 4. The maximum atomic E-state index is 11.2. The summed E-state index contributed by atoms with van der Waals surface area (Å²) in [6, 6.07) is 24.0. The number of nitrogens with one attached hydrogen (secondary N) is 1. The minimum atomic E-state index is -0.680. The van der Waals surface area contributed by atoms with E-state index in [-0.39, 0.29) is 5.69 Å². The summed E-state index contributed by atoms with van der Waals surface area (Å²) in [6.45, 7) is 0. The van der Waals surface area contributed by atoms with Gasteiger partial charge in [0.05, 0.1) is 4.92 Å². The number of hydrogen-bond acceptors (Lipinski definition) is 8. The number of hydrogen-bond donors (Lipinski definition) is 1. The number of thioether (sulfide) groups is 1. The predicted octanol–water partition coefficient (Wildman–Crippen LogP) is 5.24. The highest BCUT2D eigenvalue weighted by Crippen LogP contribution is 2.39. The molecule has 0 saturated carbocycles. The molecule has 8 nitrogen and oxygen atoms in total. The van der Waals surface area contributed by atoms with Crippen LogP contribution in [0.4, 0.5) is 11.4 Å². The van der Waals surface area contributed by atoms with Gasteiger partial charge in [0.15, 0.2) is 11.9 Å². The average molecular weight is 443 g/mol. The Morgan fingerprint density at radius 1 is 1.00 bits per heavy atom. The topological polar surface area (TPSA) is 103 Å². The van der Waals surface area contributed by atoms with Crippen LogP contribution >= 0.6 is 11.8 Å². The van der Waals surface area contributed by atoms with Gasteiger partial charge in [-0.05, 0) is 11.6 Å². The van der Waals surface area contributed by atoms with Crippen LogP contribution in [0.25, 0.3) is 11.3 Å². The molecule has 2 heterocycles. The lowest BCUT2D eigenvalue weighted by Crippen LogP contribution is -2.17. The van der Waals surface area contributed by atoms with E-state index >= 15 is 0 Å². The Kier molecular flexibility index (Phi) is 5.39. The Morgan fingerprint density at radius 2 is 1.81 bits per heavy atom. The fourth-order valence-corrected chi connectivity index (χ4v) is 4.12. The summed E-state index contributed by atoms with van der Waals surface area (Å²) in [7, 11) is 0. The van der Waals surface area contributed by atoms with Gasteiger partial charge in [0.2, 0.25) is 11.0 Å². The van der Waals surface area contributed by atoms with Crippen LogP contribution in [-0.4, -0.2) is 20.1 Å². The Morgan fingerprint density at radius 3 is 2.66 bits per heavy atom. The molecule has 0 saturated heterocycles. The smallest absolute Gasteiger partial charge is 0.269 e. The molecule has 1 atom stereocenters. The first-order valence-corrected chi connectivity index (χ1v) is 10.8. The summed E-state index contributed by atoms with van der Waals surface area (Å²) >= 11 is 1.46. The Labute approximate surface area is 187 Å². The summed E-state index contributed by atoms with van der Waals surface area (Å²) in [4.78, 5) is 15.4. The predicted molar refractivity (Wildman–Crippen MR) is 121 cm³/mol. The van der Waals surface area contributed by atoms with Crippen LogP contribution in [0.3, 0.4) is 0 Å². The van der Waals surface area contributed by atoms with E-state index in [9.17, 15) is 10.1 Å². The van der Waals surface area contributed by atoms with Crippen LogP contribution in [0.5, 0.6) is 5.88 Å². The van der Waals surface area contributed by atoms with Crippen molar-refractivity contribution in [2.24, 2.45) is 0 Å². The Balaban J connectivity index is 1.51. The summed E-state index contributed by atoms with van der Waals surface area (Å²) in [5, 5.41) is 23.7. The number of rotatable bonds is 5. The Bertz CT molecular complexity index is 1290. The van der Waals surface area contributed by atoms with Crippen LogP contribution in [0, 0.1) is 10.1 Å². The molecule has 9 heteroatoms. The van der Waals surface area contributed by atoms with Crippen molar-refractivity contribution in [1.29, 1.82) is 0 Å². The monoisotopic (exact) mass is 443 g/mol. The molecule has 1 N–H and O–H groups in total. The standard InChI is InChI=1S/C23H17N5O3S/c29-28(30)17-10-6-9-16(13-17)21-24-19-12-5-4-11-18(19)20-22(31-21)25-23(27-26-20)32-14-15-7-2-1-3-8-15/h1-13,21,24H,14H2/t21-/m0/s1. The zero-order valence-corrected chi connectivity index (χ0v) is 17.5. The lowest BCUT2D eigenvalue weighted by atomic mass is 10.1. The SMILES string of the molecule is O=[N+]([O-])c1cccc([C@H]2Nc3ccccc3-c3nnc(SCc4ccccc4)nc3O2)c1. The third kappa shape index (κ3) is 4.10. The maximum Gasteiger partial charge on any atom is 0.269 e. The van der Waals surface area contributed by atoms with Crippen LogP contribution in [0.1, 0.15) is 17.4 Å². The van der Waals surface area contributed by atoms with Crippen molar-refractivity contribution >= 4 is 23.1 Å². The summed E-state index contributed by atoms with van der Waals surface area (Å²) in [5.74, 6) is 1.02. The van der Waals surface area contributed by atoms with Gasteiger partial charge in [-0.2, -0.15) is 4.98 Å². The molecule has 1 aromatic heterocycles. The van der Waals surface area contributed by atoms with E-state index < -0.39 is 11.2 Å². The van der Waals surface area contributed by atoms with E-state index in [0.29, 0.717) is 28.0 Å². The van der Waals surface area contributed by atoms with Crippen LogP contribution in [-0.2, 0) is 5.75 Å². The van der Waals surface area contributed by atoms with Gasteiger partial charge in [-0.3, -0.25) is 10.1 Å². The normalized spacial score (nSPS) is 14.3. The number of para-hydroxylation sites is 1. The van der Waals surface area contributed by atoms with E-state index in [2.05, 4.69) is 20.5 Å². The number of non-ortho nitro benzene ring substituents is 1. The van der Waals surface area contributed by atoms with E-state index in [1.165, 1.54) is 23.9 Å². The van der Waals surface area contributed by atoms with Gasteiger partial charge in [0.25, 0.3) is 5.69 Å². The van der Waals surface area contributed by atoms with Crippen LogP contribution in [0.15, 0.2) is 84.0 Å². The van der Waals surface area contributed by atoms with E-state index in [1.807, 2.05) is 54.6 Å². The molecule has 0 aliphatic carbocycles. The van der Waals surface area contributed by atoms with Gasteiger partial charge in [-0.25, -0.2) is 0 Å². The van der Waals surface area contributed by atoms with Crippen molar-refractivity contribution in [3.63, 3.8) is 0 Å². The molecule has 0 bridgehead atoms. The molecule has 0 spiro atoms. The number of nitro groups is 1. The number of anilines is 1. The van der Waals surface area contributed by atoms with Gasteiger partial charge in [-0.15, -0.1) is 10.2 Å². The molecule has 158 valence electrons. The summed E-state index contributed by atoms with van der Waals surface area (Å²) < 4.78 is 6.19. The van der Waals surface area contributed by atoms with Gasteiger partial charge in [-0.1, -0.05) is 72.4 Å². The average Bonchev–Trinajstić information content (AvgIpc) is 3.00. The zero-order valence-electron chi connectivity index (χ0n) is 16.7. The third-order valence-corrected chi connectivity index (χ3v) is 5.84. The number of benzene rings is 3. The molecule has 5 rings (SSSR count). The molecule has 4 aromatic rings. The fourth-order valence-electron chi connectivity index (χ4n) is 3.38. The quantitative estimate of drug-likeness (QED) is 0.254. The largest absolute Gasteiger partial charge is 0.448 e. The molecular formula is C23H17N5O3S. The van der Waals surface area contributed by atoms with Crippen molar-refractivity contribution < 1.29 is 9.66 Å². The van der Waals surface area contributed by atoms with Crippen LogP contribution in [0.2, 0.25) is 0 Å². The highest BCUT2D eigenvalue weighted by atomic mass is 32.2. The highest BCUT2D eigenvalue weighted by Gasteiger charge is 2.26. The molecule has 0 unspecified atom stereocenters. The van der Waals surface area contributed by atoms with E-state index in [0.717, 1.165) is 16.8 Å². The zero-order chi connectivity index (χ0) is 21.9. The van der Waals surface area contributed by atoms with Crippen LogP contribution < -0.4 is 10.1 Å². The minimum Gasteiger partial charge on any atom is -0.448 e.